The minimum Gasteiger partial charge on any atom is -0.391 e. The Bertz CT molecular complexity index is 823. The van der Waals surface area contributed by atoms with Gasteiger partial charge in [-0.3, -0.25) is 14.5 Å². The fourth-order valence-electron chi connectivity index (χ4n) is 5.83. The normalized spacial score (nSPS) is 29.8. The summed E-state index contributed by atoms with van der Waals surface area (Å²) in [6.45, 7) is 0.787. The maximum Gasteiger partial charge on any atom is 0.231 e. The lowest BCUT2D eigenvalue weighted by Crippen LogP contribution is -2.62. The predicted octanol–water partition coefficient (Wildman–Crippen LogP) is 2.44. The molecule has 0 radical (unpaired) electrons. The lowest BCUT2D eigenvalue weighted by Gasteiger charge is -2.60. The molecule has 2 aromatic rings. The molecule has 6 nitrogen and oxygen atoms in total. The van der Waals surface area contributed by atoms with E-state index >= 15 is 0 Å². The van der Waals surface area contributed by atoms with Crippen LogP contribution in [-0.4, -0.2) is 37.9 Å². The van der Waals surface area contributed by atoms with Crippen molar-refractivity contribution < 1.29 is 9.90 Å². The number of rotatable bonds is 5. The average Bonchev–Trinajstić information content (AvgIpc) is 3.24. The molecule has 5 rings (SSSR count). The van der Waals surface area contributed by atoms with E-state index in [1.54, 1.807) is 18.6 Å². The molecule has 0 bridgehead atoms. The van der Waals surface area contributed by atoms with Crippen molar-refractivity contribution >= 4 is 5.91 Å². The molecule has 2 aromatic heterocycles. The van der Waals surface area contributed by atoms with E-state index in [0.717, 1.165) is 31.4 Å². The van der Waals surface area contributed by atoms with Gasteiger partial charge >= 0.3 is 0 Å². The number of hydrogen-bond donors (Lipinski definition) is 2. The number of aliphatic hydroxyl groups is 1. The second kappa shape index (κ2) is 6.69. The van der Waals surface area contributed by atoms with Crippen LogP contribution in [0.15, 0.2) is 43.0 Å². The molecule has 1 amide bonds. The molecule has 0 aliphatic heterocycles. The smallest absolute Gasteiger partial charge is 0.231 e. The third-order valence-corrected chi connectivity index (χ3v) is 7.38. The third kappa shape index (κ3) is 2.94. The van der Waals surface area contributed by atoms with Gasteiger partial charge in [-0.05, 0) is 73.6 Å². The number of carbonyl (C=O) groups excluding carboxylic acids is 1. The summed E-state index contributed by atoms with van der Waals surface area (Å²) in [7, 11) is 0. The molecule has 3 fully saturated rings. The monoisotopic (exact) mass is 380 g/mol. The molecule has 3 saturated carbocycles. The first-order chi connectivity index (χ1) is 13.6. The summed E-state index contributed by atoms with van der Waals surface area (Å²) < 4.78 is 1.91. The van der Waals surface area contributed by atoms with Gasteiger partial charge in [0.05, 0.1) is 17.6 Å². The molecular weight excluding hydrogens is 352 g/mol. The SMILES string of the molecule is O=C(N[C@@H]1CC(Cn2cccn2)C[C@H]1O)C1(c2ccncc2)CC2(CCC2)C1. The molecule has 0 saturated heterocycles. The van der Waals surface area contributed by atoms with Crippen molar-refractivity contribution in [1.82, 2.24) is 20.1 Å². The van der Waals surface area contributed by atoms with Gasteiger partial charge in [-0.25, -0.2) is 0 Å². The van der Waals surface area contributed by atoms with Crippen LogP contribution in [0, 0.1) is 11.3 Å². The fourth-order valence-corrected chi connectivity index (χ4v) is 5.83. The van der Waals surface area contributed by atoms with Crippen LogP contribution >= 0.6 is 0 Å². The summed E-state index contributed by atoms with van der Waals surface area (Å²) in [5, 5.41) is 18.1. The van der Waals surface area contributed by atoms with Gasteiger partial charge in [0.1, 0.15) is 0 Å². The number of hydrogen-bond acceptors (Lipinski definition) is 4. The van der Waals surface area contributed by atoms with E-state index < -0.39 is 11.5 Å². The van der Waals surface area contributed by atoms with Crippen molar-refractivity contribution in [3.05, 3.63) is 48.5 Å². The lowest BCUT2D eigenvalue weighted by molar-refractivity contribution is -0.143. The number of aromatic nitrogens is 3. The van der Waals surface area contributed by atoms with Crippen molar-refractivity contribution in [3.63, 3.8) is 0 Å². The predicted molar refractivity (Wildman–Crippen MR) is 104 cm³/mol. The van der Waals surface area contributed by atoms with E-state index in [4.69, 9.17) is 0 Å². The Morgan fingerprint density at radius 2 is 2.00 bits per heavy atom. The number of nitrogens with one attached hydrogen (secondary N) is 1. The first-order valence-electron chi connectivity index (χ1n) is 10.5. The van der Waals surface area contributed by atoms with Crippen LogP contribution in [0.4, 0.5) is 0 Å². The number of carbonyl (C=O) groups is 1. The Morgan fingerprint density at radius 1 is 1.21 bits per heavy atom. The lowest BCUT2D eigenvalue weighted by atomic mass is 9.43. The van der Waals surface area contributed by atoms with Crippen LogP contribution in [0.2, 0.25) is 0 Å². The maximum absolute atomic E-state index is 13.4. The highest BCUT2D eigenvalue weighted by atomic mass is 16.3. The van der Waals surface area contributed by atoms with E-state index in [2.05, 4.69) is 15.4 Å². The summed E-state index contributed by atoms with van der Waals surface area (Å²) in [6.07, 6.45) is 13.9. The largest absolute Gasteiger partial charge is 0.391 e. The van der Waals surface area contributed by atoms with Gasteiger partial charge in [-0.2, -0.15) is 5.10 Å². The van der Waals surface area contributed by atoms with Crippen molar-refractivity contribution in [2.45, 2.75) is 69.1 Å². The van der Waals surface area contributed by atoms with E-state index in [1.807, 2.05) is 29.1 Å². The van der Waals surface area contributed by atoms with Crippen LogP contribution in [0.25, 0.3) is 0 Å². The van der Waals surface area contributed by atoms with Gasteiger partial charge in [-0.15, -0.1) is 0 Å². The van der Waals surface area contributed by atoms with Crippen LogP contribution in [0.3, 0.4) is 0 Å². The zero-order valence-electron chi connectivity index (χ0n) is 16.1. The molecule has 3 aliphatic rings. The molecule has 3 aliphatic carbocycles. The fraction of sp³-hybridized carbons (Fsp3) is 0.591. The van der Waals surface area contributed by atoms with Crippen LogP contribution in [-0.2, 0) is 16.8 Å². The Labute approximate surface area is 165 Å². The zero-order chi connectivity index (χ0) is 19.2. The van der Waals surface area contributed by atoms with Crippen LogP contribution < -0.4 is 5.32 Å². The standard InChI is InChI=1S/C22H28N4O2/c27-19-12-16(13-26-10-2-7-24-26)11-18(19)25-20(28)22(17-3-8-23-9-4-17)14-21(15-22)5-1-6-21/h2-4,7-10,16,18-19,27H,1,5-6,11-15H2,(H,25,28)/t16?,18-,19-/m1/s1. The van der Waals surface area contributed by atoms with E-state index in [0.29, 0.717) is 17.8 Å². The minimum absolute atomic E-state index is 0.0833. The number of aliphatic hydroxyl groups excluding tert-OH is 1. The number of amides is 1. The van der Waals surface area contributed by atoms with E-state index in [9.17, 15) is 9.90 Å². The minimum atomic E-state index is -0.489. The Balaban J connectivity index is 1.29. The summed E-state index contributed by atoms with van der Waals surface area (Å²) in [5.41, 5.74) is 0.985. The van der Waals surface area contributed by atoms with Crippen molar-refractivity contribution in [3.8, 4) is 0 Å². The highest BCUT2D eigenvalue weighted by Crippen LogP contribution is 2.65. The van der Waals surface area contributed by atoms with Crippen molar-refractivity contribution in [1.29, 1.82) is 0 Å². The Hall–Kier alpha value is -2.21. The van der Waals surface area contributed by atoms with Crippen molar-refractivity contribution in [2.75, 3.05) is 0 Å². The van der Waals surface area contributed by atoms with Gasteiger partial charge in [0, 0.05) is 31.3 Å². The third-order valence-electron chi connectivity index (χ3n) is 7.38. The second-order valence-electron chi connectivity index (χ2n) is 9.24. The topological polar surface area (TPSA) is 80.0 Å². The average molecular weight is 380 g/mol. The summed E-state index contributed by atoms with van der Waals surface area (Å²) in [6, 6.07) is 5.70. The zero-order valence-corrected chi connectivity index (χ0v) is 16.1. The summed E-state index contributed by atoms with van der Waals surface area (Å²) >= 11 is 0. The molecule has 2 N–H and O–H groups in total. The second-order valence-corrected chi connectivity index (χ2v) is 9.24. The van der Waals surface area contributed by atoms with Gasteiger partial charge < -0.3 is 10.4 Å². The molecule has 1 unspecified atom stereocenters. The highest BCUT2D eigenvalue weighted by Gasteiger charge is 2.61. The number of pyridine rings is 1. The molecule has 6 heteroatoms. The van der Waals surface area contributed by atoms with Crippen LogP contribution in [0.5, 0.6) is 0 Å². The quantitative estimate of drug-likeness (QED) is 0.835. The first kappa shape index (κ1) is 17.9. The summed E-state index contributed by atoms with van der Waals surface area (Å²) in [4.78, 5) is 17.6. The van der Waals surface area contributed by atoms with Crippen molar-refractivity contribution in [2.24, 2.45) is 11.3 Å². The van der Waals surface area contributed by atoms with E-state index in [-0.39, 0.29) is 11.9 Å². The molecule has 1 spiro atoms. The molecule has 148 valence electrons. The molecular formula is C22H28N4O2. The maximum atomic E-state index is 13.4. The Morgan fingerprint density at radius 3 is 2.64 bits per heavy atom. The Kier molecular flexibility index (Phi) is 4.27. The molecule has 0 aromatic carbocycles. The first-order valence-corrected chi connectivity index (χ1v) is 10.5. The van der Waals surface area contributed by atoms with Gasteiger partial charge in [0.25, 0.3) is 0 Å². The molecule has 28 heavy (non-hydrogen) atoms. The van der Waals surface area contributed by atoms with Crippen LogP contribution in [0.1, 0.15) is 50.5 Å². The summed E-state index contributed by atoms with van der Waals surface area (Å²) in [5.74, 6) is 0.413. The number of nitrogens with zero attached hydrogens (tertiary/aromatic N) is 3. The molecule has 3 atom stereocenters. The van der Waals surface area contributed by atoms with Gasteiger partial charge in [-0.1, -0.05) is 6.42 Å². The highest BCUT2D eigenvalue weighted by molar-refractivity contribution is 5.90. The molecule has 2 heterocycles. The van der Waals surface area contributed by atoms with Gasteiger partial charge in [0.2, 0.25) is 5.91 Å². The van der Waals surface area contributed by atoms with E-state index in [1.165, 1.54) is 19.3 Å². The van der Waals surface area contributed by atoms with Gasteiger partial charge in [0.15, 0.2) is 0 Å².